The summed E-state index contributed by atoms with van der Waals surface area (Å²) in [4.78, 5) is 16.1. The summed E-state index contributed by atoms with van der Waals surface area (Å²) < 4.78 is 7.35. The molecule has 0 radical (unpaired) electrons. The number of amides is 1. The third kappa shape index (κ3) is 5.07. The Morgan fingerprint density at radius 2 is 2.30 bits per heavy atom. The molecule has 1 unspecified atom stereocenters. The summed E-state index contributed by atoms with van der Waals surface area (Å²) in [6.07, 6.45) is 4.60. The number of nitrogens with one attached hydrogen (secondary N) is 1. The average molecular weight is 317 g/mol. The van der Waals surface area contributed by atoms with Crippen LogP contribution in [0.2, 0.25) is 0 Å². The summed E-state index contributed by atoms with van der Waals surface area (Å²) >= 11 is 0. The number of benzene rings is 1. The van der Waals surface area contributed by atoms with Gasteiger partial charge in [0.2, 0.25) is 5.91 Å². The number of nitrogens with zero attached hydrogens (tertiary/aromatic N) is 3. The minimum Gasteiger partial charge on any atom is -0.492 e. The van der Waals surface area contributed by atoms with E-state index in [-0.39, 0.29) is 5.91 Å². The van der Waals surface area contributed by atoms with Crippen molar-refractivity contribution in [1.82, 2.24) is 14.8 Å². The molecule has 7 nitrogen and oxygen atoms in total. The van der Waals surface area contributed by atoms with Crippen LogP contribution in [0.1, 0.15) is 26.7 Å². The van der Waals surface area contributed by atoms with E-state index in [0.717, 1.165) is 6.42 Å². The van der Waals surface area contributed by atoms with Crippen molar-refractivity contribution in [2.24, 2.45) is 5.73 Å². The van der Waals surface area contributed by atoms with Crippen LogP contribution < -0.4 is 15.8 Å². The lowest BCUT2D eigenvalue weighted by atomic mass is 9.96. The first-order valence-corrected chi connectivity index (χ1v) is 7.67. The van der Waals surface area contributed by atoms with Gasteiger partial charge in [-0.1, -0.05) is 19.4 Å². The molecule has 0 aliphatic rings. The topological polar surface area (TPSA) is 95.1 Å². The SMILES string of the molecule is CCCC(C)(N)C(=O)Nc1cccc(OCCn2cncn2)c1. The molecule has 0 saturated heterocycles. The van der Waals surface area contributed by atoms with Crippen LogP contribution in [0.4, 0.5) is 5.69 Å². The largest absolute Gasteiger partial charge is 0.492 e. The van der Waals surface area contributed by atoms with Gasteiger partial charge >= 0.3 is 0 Å². The zero-order chi connectivity index (χ0) is 16.7. The van der Waals surface area contributed by atoms with Gasteiger partial charge in [0.25, 0.3) is 0 Å². The fourth-order valence-corrected chi connectivity index (χ4v) is 2.18. The molecule has 0 aliphatic heterocycles. The fraction of sp³-hybridized carbons (Fsp3) is 0.438. The zero-order valence-electron chi connectivity index (χ0n) is 13.5. The van der Waals surface area contributed by atoms with Gasteiger partial charge in [-0.05, 0) is 25.5 Å². The van der Waals surface area contributed by atoms with Crippen molar-refractivity contribution >= 4 is 11.6 Å². The third-order valence-electron chi connectivity index (χ3n) is 3.44. The number of rotatable bonds is 8. The van der Waals surface area contributed by atoms with E-state index in [0.29, 0.717) is 31.0 Å². The van der Waals surface area contributed by atoms with Crippen LogP contribution in [0, 0.1) is 0 Å². The molecule has 23 heavy (non-hydrogen) atoms. The highest BCUT2D eigenvalue weighted by molar-refractivity contribution is 5.97. The van der Waals surface area contributed by atoms with Crippen LogP contribution in [0.15, 0.2) is 36.9 Å². The van der Waals surface area contributed by atoms with Gasteiger partial charge in [-0.15, -0.1) is 0 Å². The number of ether oxygens (including phenoxy) is 1. The molecule has 3 N–H and O–H groups in total. The van der Waals surface area contributed by atoms with Crippen LogP contribution in [-0.2, 0) is 11.3 Å². The summed E-state index contributed by atoms with van der Waals surface area (Å²) in [7, 11) is 0. The van der Waals surface area contributed by atoms with Crippen molar-refractivity contribution in [2.75, 3.05) is 11.9 Å². The Kier molecular flexibility index (Phi) is 5.70. The second-order valence-corrected chi connectivity index (χ2v) is 5.66. The quantitative estimate of drug-likeness (QED) is 0.774. The molecule has 2 rings (SSSR count). The average Bonchev–Trinajstić information content (AvgIpc) is 3.01. The highest BCUT2D eigenvalue weighted by Gasteiger charge is 2.27. The van der Waals surface area contributed by atoms with Crippen LogP contribution in [-0.4, -0.2) is 32.8 Å². The first-order chi connectivity index (χ1) is 11.0. The van der Waals surface area contributed by atoms with E-state index in [1.165, 1.54) is 6.33 Å². The minimum absolute atomic E-state index is 0.195. The van der Waals surface area contributed by atoms with Crippen molar-refractivity contribution in [2.45, 2.75) is 38.8 Å². The van der Waals surface area contributed by atoms with Crippen LogP contribution >= 0.6 is 0 Å². The molecule has 1 atom stereocenters. The molecule has 1 aromatic heterocycles. The first kappa shape index (κ1) is 17.0. The molecule has 0 spiro atoms. The van der Waals surface area contributed by atoms with Crippen LogP contribution in [0.5, 0.6) is 5.75 Å². The number of nitrogens with two attached hydrogens (primary N) is 1. The number of carbonyl (C=O) groups excluding carboxylic acids is 1. The number of aromatic nitrogens is 3. The third-order valence-corrected chi connectivity index (χ3v) is 3.44. The highest BCUT2D eigenvalue weighted by Crippen LogP contribution is 2.19. The lowest BCUT2D eigenvalue weighted by Crippen LogP contribution is -2.48. The molecule has 7 heteroatoms. The zero-order valence-corrected chi connectivity index (χ0v) is 13.5. The first-order valence-electron chi connectivity index (χ1n) is 7.67. The summed E-state index contributed by atoms with van der Waals surface area (Å²) in [5.41, 5.74) is 5.82. The molecule has 0 saturated carbocycles. The maximum absolute atomic E-state index is 12.2. The Balaban J connectivity index is 1.90. The van der Waals surface area contributed by atoms with E-state index >= 15 is 0 Å². The van der Waals surface area contributed by atoms with Crippen molar-refractivity contribution in [3.63, 3.8) is 0 Å². The maximum atomic E-state index is 12.2. The predicted molar refractivity (Wildman–Crippen MR) is 88.1 cm³/mol. The van der Waals surface area contributed by atoms with Crippen molar-refractivity contribution in [1.29, 1.82) is 0 Å². The molecule has 124 valence electrons. The van der Waals surface area contributed by atoms with E-state index in [4.69, 9.17) is 10.5 Å². The number of hydrogen-bond donors (Lipinski definition) is 2. The van der Waals surface area contributed by atoms with E-state index in [9.17, 15) is 4.79 Å². The highest BCUT2D eigenvalue weighted by atomic mass is 16.5. The Morgan fingerprint density at radius 3 is 3.00 bits per heavy atom. The molecule has 1 aromatic carbocycles. The van der Waals surface area contributed by atoms with Gasteiger partial charge in [0.1, 0.15) is 25.0 Å². The fourth-order valence-electron chi connectivity index (χ4n) is 2.18. The van der Waals surface area contributed by atoms with Crippen LogP contribution in [0.25, 0.3) is 0 Å². The maximum Gasteiger partial charge on any atom is 0.244 e. The van der Waals surface area contributed by atoms with Gasteiger partial charge in [-0.25, -0.2) is 9.67 Å². The molecule has 0 fully saturated rings. The Labute approximate surface area is 135 Å². The summed E-state index contributed by atoms with van der Waals surface area (Å²) in [5, 5.41) is 6.84. The number of carbonyl (C=O) groups is 1. The molecule has 1 heterocycles. The summed E-state index contributed by atoms with van der Waals surface area (Å²) in [6.45, 7) is 4.81. The molecular weight excluding hydrogens is 294 g/mol. The number of anilines is 1. The van der Waals surface area contributed by atoms with Gasteiger partial charge in [-0.3, -0.25) is 4.79 Å². The molecule has 0 aliphatic carbocycles. The van der Waals surface area contributed by atoms with Crippen molar-refractivity contribution in [3.8, 4) is 5.75 Å². The predicted octanol–water partition coefficient (Wildman–Crippen LogP) is 1.81. The molecule has 0 bridgehead atoms. The smallest absolute Gasteiger partial charge is 0.244 e. The second kappa shape index (κ2) is 7.73. The number of hydrogen-bond acceptors (Lipinski definition) is 5. The minimum atomic E-state index is -0.876. The molecular formula is C16H23N5O2. The Bertz CT molecular complexity index is 625. The van der Waals surface area contributed by atoms with Crippen molar-refractivity contribution in [3.05, 3.63) is 36.9 Å². The molecule has 2 aromatic rings. The van der Waals surface area contributed by atoms with E-state index in [1.54, 1.807) is 24.0 Å². The van der Waals surface area contributed by atoms with E-state index < -0.39 is 5.54 Å². The van der Waals surface area contributed by atoms with Crippen molar-refractivity contribution < 1.29 is 9.53 Å². The van der Waals surface area contributed by atoms with Crippen LogP contribution in [0.3, 0.4) is 0 Å². The van der Waals surface area contributed by atoms with Gasteiger partial charge < -0.3 is 15.8 Å². The standard InChI is InChI=1S/C16H23N5O2/c1-3-7-16(2,17)15(22)20-13-5-4-6-14(10-13)23-9-8-21-12-18-11-19-21/h4-6,10-12H,3,7-9,17H2,1-2H3,(H,20,22). The van der Waals surface area contributed by atoms with Gasteiger partial charge in [0.15, 0.2) is 0 Å². The van der Waals surface area contributed by atoms with Gasteiger partial charge in [-0.2, -0.15) is 5.10 Å². The summed E-state index contributed by atoms with van der Waals surface area (Å²) in [5.74, 6) is 0.483. The molecule has 1 amide bonds. The van der Waals surface area contributed by atoms with E-state index in [2.05, 4.69) is 15.4 Å². The van der Waals surface area contributed by atoms with Gasteiger partial charge in [0, 0.05) is 11.8 Å². The summed E-state index contributed by atoms with van der Waals surface area (Å²) in [6, 6.07) is 7.25. The second-order valence-electron chi connectivity index (χ2n) is 5.66. The monoisotopic (exact) mass is 317 g/mol. The van der Waals surface area contributed by atoms with Gasteiger partial charge in [0.05, 0.1) is 12.1 Å². The Hall–Kier alpha value is -2.41. The lowest BCUT2D eigenvalue weighted by molar-refractivity contribution is -0.120. The Morgan fingerprint density at radius 1 is 1.48 bits per heavy atom. The van der Waals surface area contributed by atoms with E-state index in [1.807, 2.05) is 25.1 Å². The normalized spacial score (nSPS) is 13.3. The lowest BCUT2D eigenvalue weighted by Gasteiger charge is -2.23.